The molecule has 4 heteroatoms. The van der Waals surface area contributed by atoms with Crippen LogP contribution >= 0.6 is 11.6 Å². The first-order valence-electron chi connectivity index (χ1n) is 6.26. The van der Waals surface area contributed by atoms with Gasteiger partial charge in [-0.05, 0) is 48.4 Å². The van der Waals surface area contributed by atoms with Crippen molar-refractivity contribution in [1.29, 1.82) is 0 Å². The molecule has 0 aromatic heterocycles. The lowest BCUT2D eigenvalue weighted by molar-refractivity contribution is 0.0599. The van der Waals surface area contributed by atoms with E-state index < -0.39 is 11.4 Å². The molecule has 0 saturated carbocycles. The summed E-state index contributed by atoms with van der Waals surface area (Å²) in [5.41, 5.74) is -0.171. The van der Waals surface area contributed by atoms with Crippen molar-refractivity contribution in [2.75, 3.05) is 0 Å². The average molecular weight is 297 g/mol. The van der Waals surface area contributed by atoms with E-state index in [4.69, 9.17) is 11.6 Å². The van der Waals surface area contributed by atoms with Crippen molar-refractivity contribution in [3.63, 3.8) is 0 Å². The van der Waals surface area contributed by atoms with E-state index in [0.29, 0.717) is 16.1 Å². The van der Waals surface area contributed by atoms with Crippen molar-refractivity contribution in [2.24, 2.45) is 0 Å². The van der Waals surface area contributed by atoms with Crippen LogP contribution in [0.3, 0.4) is 0 Å². The maximum Gasteiger partial charge on any atom is 0.126 e. The van der Waals surface area contributed by atoms with Crippen molar-refractivity contribution in [3.05, 3.63) is 70.2 Å². The predicted molar refractivity (Wildman–Crippen MR) is 75.8 cm³/mol. The third-order valence-electron chi connectivity index (χ3n) is 3.05. The van der Waals surface area contributed by atoms with Gasteiger partial charge in [0.15, 0.2) is 0 Å². The van der Waals surface area contributed by atoms with Crippen LogP contribution in [0.25, 0.3) is 0 Å². The summed E-state index contributed by atoms with van der Waals surface area (Å²) in [6.07, 6.45) is 0.340. The standard InChI is InChI=1S/C16H15ClF2O/c1-16(20,9-11-3-2-4-14(18)7-11)10-12-8-13(17)5-6-15(12)19/h2-8,20H,9-10H2,1H3. The van der Waals surface area contributed by atoms with Gasteiger partial charge in [-0.15, -0.1) is 0 Å². The molecule has 106 valence electrons. The van der Waals surface area contributed by atoms with Gasteiger partial charge in [0, 0.05) is 17.9 Å². The number of benzene rings is 2. The molecule has 1 unspecified atom stereocenters. The number of hydrogen-bond acceptors (Lipinski definition) is 1. The molecule has 0 aliphatic rings. The van der Waals surface area contributed by atoms with Crippen LogP contribution in [0.1, 0.15) is 18.1 Å². The van der Waals surface area contributed by atoms with Crippen LogP contribution < -0.4 is 0 Å². The van der Waals surface area contributed by atoms with Gasteiger partial charge in [0.25, 0.3) is 0 Å². The quantitative estimate of drug-likeness (QED) is 0.898. The minimum atomic E-state index is -1.18. The fraction of sp³-hybridized carbons (Fsp3) is 0.250. The van der Waals surface area contributed by atoms with Gasteiger partial charge >= 0.3 is 0 Å². The molecular weight excluding hydrogens is 282 g/mol. The second-order valence-electron chi connectivity index (χ2n) is 5.22. The molecule has 0 spiro atoms. The number of aliphatic hydroxyl groups is 1. The van der Waals surface area contributed by atoms with Gasteiger partial charge in [-0.3, -0.25) is 0 Å². The Morgan fingerprint density at radius 3 is 2.55 bits per heavy atom. The Morgan fingerprint density at radius 2 is 1.85 bits per heavy atom. The van der Waals surface area contributed by atoms with Crippen LogP contribution in [-0.4, -0.2) is 10.7 Å². The summed E-state index contributed by atoms with van der Waals surface area (Å²) in [6, 6.07) is 10.2. The number of hydrogen-bond donors (Lipinski definition) is 1. The molecule has 1 N–H and O–H groups in total. The molecule has 2 aromatic rings. The van der Waals surface area contributed by atoms with Crippen LogP contribution in [0, 0.1) is 11.6 Å². The highest BCUT2D eigenvalue weighted by molar-refractivity contribution is 6.30. The van der Waals surface area contributed by atoms with Crippen molar-refractivity contribution < 1.29 is 13.9 Å². The minimum Gasteiger partial charge on any atom is -0.389 e. The molecule has 20 heavy (non-hydrogen) atoms. The fourth-order valence-corrected chi connectivity index (χ4v) is 2.43. The lowest BCUT2D eigenvalue weighted by Crippen LogP contribution is -2.30. The molecule has 2 rings (SSSR count). The Balaban J connectivity index is 2.16. The molecule has 2 aromatic carbocycles. The summed E-state index contributed by atoms with van der Waals surface area (Å²) < 4.78 is 26.8. The molecular formula is C16H15ClF2O. The third kappa shape index (κ3) is 4.02. The Labute approximate surface area is 121 Å². The molecule has 0 saturated heterocycles. The van der Waals surface area contributed by atoms with Gasteiger partial charge < -0.3 is 5.11 Å². The summed E-state index contributed by atoms with van der Waals surface area (Å²) in [5, 5.41) is 10.8. The zero-order chi connectivity index (χ0) is 14.8. The molecule has 0 radical (unpaired) electrons. The molecule has 0 fully saturated rings. The van der Waals surface area contributed by atoms with E-state index in [-0.39, 0.29) is 18.7 Å². The SMILES string of the molecule is CC(O)(Cc1cccc(F)c1)Cc1cc(Cl)ccc1F. The van der Waals surface area contributed by atoms with Gasteiger partial charge in [-0.25, -0.2) is 8.78 Å². The second-order valence-corrected chi connectivity index (χ2v) is 5.65. The van der Waals surface area contributed by atoms with Gasteiger partial charge in [0.05, 0.1) is 5.60 Å². The van der Waals surface area contributed by atoms with Crippen molar-refractivity contribution in [2.45, 2.75) is 25.4 Å². The van der Waals surface area contributed by atoms with Crippen LogP contribution in [0.15, 0.2) is 42.5 Å². The topological polar surface area (TPSA) is 20.2 Å². The second kappa shape index (κ2) is 5.90. The van der Waals surface area contributed by atoms with E-state index >= 15 is 0 Å². The zero-order valence-electron chi connectivity index (χ0n) is 11.0. The molecule has 1 atom stereocenters. The van der Waals surface area contributed by atoms with Crippen LogP contribution in [-0.2, 0) is 12.8 Å². The van der Waals surface area contributed by atoms with Gasteiger partial charge in [-0.1, -0.05) is 23.7 Å². The van der Waals surface area contributed by atoms with E-state index in [0.717, 1.165) is 0 Å². The molecule has 0 aliphatic heterocycles. The van der Waals surface area contributed by atoms with E-state index in [1.807, 2.05) is 0 Å². The maximum atomic E-state index is 13.7. The maximum absolute atomic E-state index is 13.7. The smallest absolute Gasteiger partial charge is 0.126 e. The molecule has 0 aliphatic carbocycles. The van der Waals surface area contributed by atoms with Gasteiger partial charge in [0.2, 0.25) is 0 Å². The van der Waals surface area contributed by atoms with E-state index in [2.05, 4.69) is 0 Å². The van der Waals surface area contributed by atoms with E-state index in [1.54, 1.807) is 19.1 Å². The van der Waals surface area contributed by atoms with Crippen LogP contribution in [0.2, 0.25) is 5.02 Å². The van der Waals surface area contributed by atoms with Crippen molar-refractivity contribution in [1.82, 2.24) is 0 Å². The molecule has 0 bridgehead atoms. The first kappa shape index (κ1) is 14.9. The Bertz CT molecular complexity index is 611. The summed E-state index contributed by atoms with van der Waals surface area (Å²) in [4.78, 5) is 0. The minimum absolute atomic E-state index is 0.107. The largest absolute Gasteiger partial charge is 0.389 e. The highest BCUT2D eigenvalue weighted by Gasteiger charge is 2.23. The summed E-state index contributed by atoms with van der Waals surface area (Å²) in [5.74, 6) is -0.763. The highest BCUT2D eigenvalue weighted by atomic mass is 35.5. The molecule has 0 heterocycles. The summed E-state index contributed by atoms with van der Waals surface area (Å²) >= 11 is 5.83. The normalized spacial score (nSPS) is 14.1. The molecule has 1 nitrogen and oxygen atoms in total. The highest BCUT2D eigenvalue weighted by Crippen LogP contribution is 2.23. The lowest BCUT2D eigenvalue weighted by atomic mass is 9.89. The predicted octanol–water partition coefficient (Wildman–Crippen LogP) is 4.15. The lowest BCUT2D eigenvalue weighted by Gasteiger charge is -2.24. The van der Waals surface area contributed by atoms with Crippen molar-refractivity contribution >= 4 is 11.6 Å². The van der Waals surface area contributed by atoms with Crippen LogP contribution in [0.5, 0.6) is 0 Å². The third-order valence-corrected chi connectivity index (χ3v) is 3.29. The zero-order valence-corrected chi connectivity index (χ0v) is 11.8. The Morgan fingerprint density at radius 1 is 1.10 bits per heavy atom. The fourth-order valence-electron chi connectivity index (χ4n) is 2.24. The van der Waals surface area contributed by atoms with Gasteiger partial charge in [0.1, 0.15) is 11.6 Å². The summed E-state index contributed by atoms with van der Waals surface area (Å²) in [7, 11) is 0. The van der Waals surface area contributed by atoms with Gasteiger partial charge in [-0.2, -0.15) is 0 Å². The van der Waals surface area contributed by atoms with Crippen LogP contribution in [0.4, 0.5) is 8.78 Å². The number of rotatable bonds is 4. The summed E-state index contributed by atoms with van der Waals surface area (Å²) in [6.45, 7) is 1.60. The van der Waals surface area contributed by atoms with E-state index in [9.17, 15) is 13.9 Å². The Hall–Kier alpha value is -1.45. The first-order chi connectivity index (χ1) is 9.35. The number of halogens is 3. The average Bonchev–Trinajstić information content (AvgIpc) is 2.33. The van der Waals surface area contributed by atoms with Crippen molar-refractivity contribution in [3.8, 4) is 0 Å². The Kier molecular flexibility index (Phi) is 4.41. The monoisotopic (exact) mass is 296 g/mol. The first-order valence-corrected chi connectivity index (χ1v) is 6.64. The van der Waals surface area contributed by atoms with E-state index in [1.165, 1.54) is 30.3 Å². The molecule has 0 amide bonds.